The molecular weight excluding hydrogens is 196 g/mol. The standard InChI is InChI=1S/C14H28N2/c1-3-8-16-9-7-12(11-16)10-15-14(4-2)13-5-6-13/h12-15H,3-11H2,1-2H3. The van der Waals surface area contributed by atoms with Gasteiger partial charge in [-0.2, -0.15) is 0 Å². The van der Waals surface area contributed by atoms with E-state index in [0.29, 0.717) is 0 Å². The number of nitrogens with one attached hydrogen (secondary N) is 1. The Balaban J connectivity index is 1.62. The van der Waals surface area contributed by atoms with E-state index in [-0.39, 0.29) is 0 Å². The minimum absolute atomic E-state index is 0.820. The average molecular weight is 224 g/mol. The molecule has 0 spiro atoms. The quantitative estimate of drug-likeness (QED) is 0.715. The molecule has 94 valence electrons. The second kappa shape index (κ2) is 6.02. The Morgan fingerprint density at radius 2 is 2.06 bits per heavy atom. The Kier molecular flexibility index (Phi) is 4.66. The first kappa shape index (κ1) is 12.4. The molecule has 2 unspecified atom stereocenters. The molecule has 1 aliphatic heterocycles. The van der Waals surface area contributed by atoms with Crippen molar-refractivity contribution in [3.8, 4) is 0 Å². The van der Waals surface area contributed by atoms with Crippen LogP contribution in [0.15, 0.2) is 0 Å². The topological polar surface area (TPSA) is 15.3 Å². The first-order valence-electron chi connectivity index (χ1n) is 7.29. The van der Waals surface area contributed by atoms with Gasteiger partial charge in [0, 0.05) is 12.6 Å². The molecule has 2 rings (SSSR count). The highest BCUT2D eigenvalue weighted by Gasteiger charge is 2.30. The van der Waals surface area contributed by atoms with Crippen LogP contribution in [0.1, 0.15) is 46.0 Å². The first-order chi connectivity index (χ1) is 7.83. The lowest BCUT2D eigenvalue weighted by Crippen LogP contribution is -2.35. The van der Waals surface area contributed by atoms with Crippen LogP contribution in [0.4, 0.5) is 0 Å². The van der Waals surface area contributed by atoms with Gasteiger partial charge in [-0.3, -0.25) is 0 Å². The molecule has 0 aromatic carbocycles. The highest BCUT2D eigenvalue weighted by molar-refractivity contribution is 4.87. The van der Waals surface area contributed by atoms with Crippen molar-refractivity contribution in [3.63, 3.8) is 0 Å². The van der Waals surface area contributed by atoms with E-state index in [1.54, 1.807) is 0 Å². The van der Waals surface area contributed by atoms with E-state index in [1.807, 2.05) is 0 Å². The smallest absolute Gasteiger partial charge is 0.00928 e. The molecule has 1 saturated heterocycles. The molecule has 2 heteroatoms. The maximum Gasteiger partial charge on any atom is 0.00928 e. The van der Waals surface area contributed by atoms with Crippen LogP contribution in [0.25, 0.3) is 0 Å². The maximum atomic E-state index is 3.81. The van der Waals surface area contributed by atoms with E-state index >= 15 is 0 Å². The zero-order valence-electron chi connectivity index (χ0n) is 11.0. The normalized spacial score (nSPS) is 28.5. The molecule has 16 heavy (non-hydrogen) atoms. The summed E-state index contributed by atoms with van der Waals surface area (Å²) in [6.07, 6.45) is 6.97. The highest BCUT2D eigenvalue weighted by Crippen LogP contribution is 2.34. The van der Waals surface area contributed by atoms with Gasteiger partial charge in [-0.15, -0.1) is 0 Å². The van der Waals surface area contributed by atoms with Crippen molar-refractivity contribution in [2.24, 2.45) is 11.8 Å². The summed E-state index contributed by atoms with van der Waals surface area (Å²) in [4.78, 5) is 2.63. The lowest BCUT2D eigenvalue weighted by Gasteiger charge is -2.20. The molecule has 0 aromatic heterocycles. The third-order valence-corrected chi connectivity index (χ3v) is 4.21. The third-order valence-electron chi connectivity index (χ3n) is 4.21. The Morgan fingerprint density at radius 3 is 2.69 bits per heavy atom. The summed E-state index contributed by atoms with van der Waals surface area (Å²) in [7, 11) is 0. The highest BCUT2D eigenvalue weighted by atomic mass is 15.1. The van der Waals surface area contributed by atoms with Gasteiger partial charge in [0.2, 0.25) is 0 Å². The van der Waals surface area contributed by atoms with Crippen LogP contribution < -0.4 is 5.32 Å². The summed E-state index contributed by atoms with van der Waals surface area (Å²) < 4.78 is 0. The van der Waals surface area contributed by atoms with E-state index < -0.39 is 0 Å². The summed E-state index contributed by atoms with van der Waals surface area (Å²) in [6.45, 7) is 9.84. The average Bonchev–Trinajstić information content (AvgIpc) is 3.02. The fraction of sp³-hybridized carbons (Fsp3) is 1.00. The predicted octanol–water partition coefficient (Wildman–Crippen LogP) is 2.50. The Morgan fingerprint density at radius 1 is 1.25 bits per heavy atom. The molecule has 0 aromatic rings. The molecule has 2 aliphatic rings. The molecule has 1 heterocycles. The molecule has 0 amide bonds. The second-order valence-corrected chi connectivity index (χ2v) is 5.72. The second-order valence-electron chi connectivity index (χ2n) is 5.72. The van der Waals surface area contributed by atoms with E-state index in [2.05, 4.69) is 24.1 Å². The fourth-order valence-corrected chi connectivity index (χ4v) is 3.06. The molecule has 0 radical (unpaired) electrons. The van der Waals surface area contributed by atoms with Crippen molar-refractivity contribution in [2.45, 2.75) is 52.0 Å². The number of rotatable bonds is 7. The molecule has 1 saturated carbocycles. The molecule has 1 aliphatic carbocycles. The van der Waals surface area contributed by atoms with Crippen molar-refractivity contribution < 1.29 is 0 Å². The van der Waals surface area contributed by atoms with Crippen molar-refractivity contribution >= 4 is 0 Å². The van der Waals surface area contributed by atoms with Gasteiger partial charge < -0.3 is 10.2 Å². The van der Waals surface area contributed by atoms with Crippen LogP contribution in [0, 0.1) is 11.8 Å². The molecule has 1 N–H and O–H groups in total. The summed E-state index contributed by atoms with van der Waals surface area (Å²) in [5, 5.41) is 3.81. The van der Waals surface area contributed by atoms with E-state index in [4.69, 9.17) is 0 Å². The largest absolute Gasteiger partial charge is 0.313 e. The SMILES string of the molecule is CCCN1CCC(CNC(CC)C2CC2)C1. The molecule has 0 bridgehead atoms. The molecule has 2 fully saturated rings. The Bertz CT molecular complexity index is 201. The van der Waals surface area contributed by atoms with Gasteiger partial charge in [0.05, 0.1) is 0 Å². The Labute approximate surface area is 101 Å². The van der Waals surface area contributed by atoms with Crippen molar-refractivity contribution in [3.05, 3.63) is 0 Å². The zero-order chi connectivity index (χ0) is 11.4. The van der Waals surface area contributed by atoms with E-state index in [0.717, 1.165) is 17.9 Å². The van der Waals surface area contributed by atoms with Gasteiger partial charge >= 0.3 is 0 Å². The summed E-state index contributed by atoms with van der Waals surface area (Å²) in [5.74, 6) is 1.93. The van der Waals surface area contributed by atoms with Crippen LogP contribution in [-0.4, -0.2) is 37.1 Å². The van der Waals surface area contributed by atoms with Gasteiger partial charge in [0.15, 0.2) is 0 Å². The predicted molar refractivity (Wildman–Crippen MR) is 69.6 cm³/mol. The van der Waals surface area contributed by atoms with Crippen molar-refractivity contribution in [1.82, 2.24) is 10.2 Å². The fourth-order valence-electron chi connectivity index (χ4n) is 3.06. The summed E-state index contributed by atoms with van der Waals surface area (Å²) in [5.41, 5.74) is 0. The zero-order valence-corrected chi connectivity index (χ0v) is 11.0. The number of hydrogen-bond donors (Lipinski definition) is 1. The molecule has 2 atom stereocenters. The van der Waals surface area contributed by atoms with E-state index in [9.17, 15) is 0 Å². The van der Waals surface area contributed by atoms with Gasteiger partial charge in [0.25, 0.3) is 0 Å². The maximum absolute atomic E-state index is 3.81. The van der Waals surface area contributed by atoms with Crippen molar-refractivity contribution in [2.75, 3.05) is 26.2 Å². The summed E-state index contributed by atoms with van der Waals surface area (Å²) in [6, 6.07) is 0.820. The number of likely N-dealkylation sites (tertiary alicyclic amines) is 1. The van der Waals surface area contributed by atoms with Gasteiger partial charge in [-0.05, 0) is 63.6 Å². The van der Waals surface area contributed by atoms with Crippen LogP contribution >= 0.6 is 0 Å². The summed E-state index contributed by atoms with van der Waals surface area (Å²) >= 11 is 0. The third kappa shape index (κ3) is 3.46. The van der Waals surface area contributed by atoms with Gasteiger partial charge in [0.1, 0.15) is 0 Å². The molecular formula is C14H28N2. The van der Waals surface area contributed by atoms with Crippen molar-refractivity contribution in [1.29, 1.82) is 0 Å². The first-order valence-corrected chi connectivity index (χ1v) is 7.29. The lowest BCUT2D eigenvalue weighted by molar-refractivity contribution is 0.316. The monoisotopic (exact) mass is 224 g/mol. The van der Waals surface area contributed by atoms with Crippen LogP contribution in [0.2, 0.25) is 0 Å². The number of hydrogen-bond acceptors (Lipinski definition) is 2. The van der Waals surface area contributed by atoms with Crippen LogP contribution in [0.5, 0.6) is 0 Å². The minimum atomic E-state index is 0.820. The van der Waals surface area contributed by atoms with Crippen LogP contribution in [0.3, 0.4) is 0 Å². The minimum Gasteiger partial charge on any atom is -0.313 e. The van der Waals surface area contributed by atoms with Gasteiger partial charge in [-0.1, -0.05) is 13.8 Å². The van der Waals surface area contributed by atoms with Gasteiger partial charge in [-0.25, -0.2) is 0 Å². The van der Waals surface area contributed by atoms with E-state index in [1.165, 1.54) is 58.3 Å². The Hall–Kier alpha value is -0.0800. The van der Waals surface area contributed by atoms with Crippen LogP contribution in [-0.2, 0) is 0 Å². The molecule has 2 nitrogen and oxygen atoms in total. The lowest BCUT2D eigenvalue weighted by atomic mass is 10.1. The number of nitrogens with zero attached hydrogens (tertiary/aromatic N) is 1.